The highest BCUT2D eigenvalue weighted by Gasteiger charge is 2.42. The lowest BCUT2D eigenvalue weighted by atomic mass is 9.87. The Morgan fingerprint density at radius 1 is 1.22 bits per heavy atom. The number of nitrogens with zero attached hydrogens (tertiary/aromatic N) is 1. The smallest absolute Gasteiger partial charge is 0.302 e. The van der Waals surface area contributed by atoms with Gasteiger partial charge < -0.3 is 4.52 Å². The molecule has 1 saturated carbocycles. The molecule has 0 bridgehead atoms. The maximum Gasteiger partial charge on any atom is 0.343 e. The van der Waals surface area contributed by atoms with Crippen LogP contribution < -0.4 is 5.09 Å². The largest absolute Gasteiger partial charge is 0.343 e. The summed E-state index contributed by atoms with van der Waals surface area (Å²) in [5.74, 6) is 1.37. The van der Waals surface area contributed by atoms with Crippen LogP contribution in [-0.4, -0.2) is 42.2 Å². The van der Waals surface area contributed by atoms with Crippen molar-refractivity contribution in [3.05, 3.63) is 0 Å². The molecule has 4 nitrogen and oxygen atoms in total. The number of nitrogens with one attached hydrogen (secondary N) is 1. The standard InChI is InChI=1S/C11H21Cl2N2O2P/c12-5-7-15(8-6-13)18(16)14-9-10-3-1-2-4-11(10)17-18/h10-11H,1-9H2,(H,14,16)/t10-,11+,18+/m1/s1. The van der Waals surface area contributed by atoms with E-state index >= 15 is 0 Å². The van der Waals surface area contributed by atoms with E-state index in [0.717, 1.165) is 13.0 Å². The van der Waals surface area contributed by atoms with Crippen molar-refractivity contribution in [1.29, 1.82) is 0 Å². The van der Waals surface area contributed by atoms with Crippen molar-refractivity contribution in [1.82, 2.24) is 9.76 Å². The van der Waals surface area contributed by atoms with E-state index in [1.54, 1.807) is 4.67 Å². The molecule has 18 heavy (non-hydrogen) atoms. The van der Waals surface area contributed by atoms with E-state index in [4.69, 9.17) is 27.7 Å². The van der Waals surface area contributed by atoms with E-state index < -0.39 is 7.67 Å². The second-order valence-electron chi connectivity index (χ2n) is 4.90. The van der Waals surface area contributed by atoms with Crippen LogP contribution in [0.2, 0.25) is 0 Å². The third kappa shape index (κ3) is 3.41. The molecule has 1 aliphatic carbocycles. The topological polar surface area (TPSA) is 41.6 Å². The first-order chi connectivity index (χ1) is 8.69. The van der Waals surface area contributed by atoms with Gasteiger partial charge in [0, 0.05) is 31.4 Å². The summed E-state index contributed by atoms with van der Waals surface area (Å²) in [6.07, 6.45) is 4.75. The van der Waals surface area contributed by atoms with Crippen LogP contribution in [0.15, 0.2) is 0 Å². The summed E-state index contributed by atoms with van der Waals surface area (Å²) >= 11 is 11.5. The second kappa shape index (κ2) is 6.92. The van der Waals surface area contributed by atoms with E-state index in [1.807, 2.05) is 0 Å². The van der Waals surface area contributed by atoms with Crippen molar-refractivity contribution < 1.29 is 9.09 Å². The third-order valence-electron chi connectivity index (χ3n) is 3.73. The van der Waals surface area contributed by atoms with E-state index in [-0.39, 0.29) is 6.10 Å². The molecule has 0 aromatic rings. The first-order valence-corrected chi connectivity index (χ1v) is 9.25. The Morgan fingerprint density at radius 2 is 1.89 bits per heavy atom. The van der Waals surface area contributed by atoms with Gasteiger partial charge in [0.15, 0.2) is 0 Å². The molecule has 1 N–H and O–H groups in total. The van der Waals surface area contributed by atoms with E-state index in [1.165, 1.54) is 19.3 Å². The van der Waals surface area contributed by atoms with Gasteiger partial charge in [-0.3, -0.25) is 4.57 Å². The van der Waals surface area contributed by atoms with E-state index in [9.17, 15) is 4.57 Å². The normalized spacial score (nSPS) is 36.6. The molecule has 2 fully saturated rings. The molecule has 2 aliphatic rings. The molecule has 3 atom stereocenters. The quantitative estimate of drug-likeness (QED) is 0.625. The Bertz CT molecular complexity index is 313. The fourth-order valence-corrected chi connectivity index (χ4v) is 5.62. The van der Waals surface area contributed by atoms with Crippen LogP contribution in [0.3, 0.4) is 0 Å². The van der Waals surface area contributed by atoms with Gasteiger partial charge >= 0.3 is 7.67 Å². The van der Waals surface area contributed by atoms with Crippen molar-refractivity contribution in [2.75, 3.05) is 31.4 Å². The summed E-state index contributed by atoms with van der Waals surface area (Å²) in [7, 11) is -2.93. The average molecular weight is 315 g/mol. The molecule has 1 heterocycles. The monoisotopic (exact) mass is 314 g/mol. The van der Waals surface area contributed by atoms with Crippen LogP contribution in [0, 0.1) is 5.92 Å². The zero-order valence-corrected chi connectivity index (χ0v) is 12.9. The zero-order valence-electron chi connectivity index (χ0n) is 10.5. The predicted molar refractivity (Wildman–Crippen MR) is 75.5 cm³/mol. The van der Waals surface area contributed by atoms with Gasteiger partial charge in [-0.15, -0.1) is 23.2 Å². The van der Waals surface area contributed by atoms with Crippen LogP contribution in [0.1, 0.15) is 25.7 Å². The molecule has 0 aromatic carbocycles. The van der Waals surface area contributed by atoms with Gasteiger partial charge in [0.25, 0.3) is 0 Å². The summed E-state index contributed by atoms with van der Waals surface area (Å²) < 4.78 is 20.5. The number of hydrogen-bond donors (Lipinski definition) is 1. The van der Waals surface area contributed by atoms with Crippen molar-refractivity contribution in [2.45, 2.75) is 31.8 Å². The van der Waals surface area contributed by atoms with Gasteiger partial charge in [-0.05, 0) is 18.8 Å². The van der Waals surface area contributed by atoms with E-state index in [2.05, 4.69) is 5.09 Å². The Balaban J connectivity index is 2.03. The van der Waals surface area contributed by atoms with Gasteiger partial charge in [-0.1, -0.05) is 12.8 Å². The van der Waals surface area contributed by atoms with Crippen LogP contribution >= 0.6 is 30.9 Å². The fourth-order valence-electron chi connectivity index (χ4n) is 2.74. The molecule has 2 rings (SSSR count). The molecule has 0 aromatic heterocycles. The van der Waals surface area contributed by atoms with Crippen LogP contribution in [-0.2, 0) is 9.09 Å². The van der Waals surface area contributed by atoms with Gasteiger partial charge in [0.1, 0.15) is 0 Å². The maximum absolute atomic E-state index is 12.8. The molecule has 106 valence electrons. The third-order valence-corrected chi connectivity index (χ3v) is 6.35. The Labute approximate surface area is 119 Å². The summed E-state index contributed by atoms with van der Waals surface area (Å²) in [6, 6.07) is 0. The summed E-state index contributed by atoms with van der Waals surface area (Å²) in [5.41, 5.74) is 0. The first kappa shape index (κ1) is 15.1. The number of alkyl halides is 2. The average Bonchev–Trinajstić information content (AvgIpc) is 2.38. The molecular weight excluding hydrogens is 294 g/mol. The highest BCUT2D eigenvalue weighted by atomic mass is 35.5. The molecule has 1 aliphatic heterocycles. The molecule has 1 saturated heterocycles. The molecule has 0 spiro atoms. The highest BCUT2D eigenvalue weighted by molar-refractivity contribution is 7.54. The van der Waals surface area contributed by atoms with Crippen molar-refractivity contribution in [2.24, 2.45) is 5.92 Å². The van der Waals surface area contributed by atoms with Gasteiger partial charge in [0.05, 0.1) is 6.10 Å². The number of halogens is 2. The molecular formula is C11H21Cl2N2O2P. The van der Waals surface area contributed by atoms with Crippen LogP contribution in [0.25, 0.3) is 0 Å². The lowest BCUT2D eigenvalue weighted by molar-refractivity contribution is 0.0625. The maximum atomic E-state index is 12.8. The van der Waals surface area contributed by atoms with Crippen molar-refractivity contribution in [3.8, 4) is 0 Å². The van der Waals surface area contributed by atoms with Gasteiger partial charge in [-0.2, -0.15) is 0 Å². The predicted octanol–water partition coefficient (Wildman–Crippen LogP) is 3.05. The van der Waals surface area contributed by atoms with Crippen LogP contribution in [0.5, 0.6) is 0 Å². The van der Waals surface area contributed by atoms with Crippen LogP contribution in [0.4, 0.5) is 0 Å². The molecule has 7 heteroatoms. The van der Waals surface area contributed by atoms with Crippen molar-refractivity contribution >= 4 is 30.9 Å². The molecule has 0 radical (unpaired) electrons. The Kier molecular flexibility index (Phi) is 5.80. The lowest BCUT2D eigenvalue weighted by Gasteiger charge is -2.42. The van der Waals surface area contributed by atoms with Crippen molar-refractivity contribution in [3.63, 3.8) is 0 Å². The summed E-state index contributed by atoms with van der Waals surface area (Å²) in [6.45, 7) is 1.86. The van der Waals surface area contributed by atoms with Gasteiger partial charge in [-0.25, -0.2) is 9.76 Å². The number of hydrogen-bond acceptors (Lipinski definition) is 2. The zero-order chi connectivity index (χ0) is 13.0. The number of fused-ring (bicyclic) bond motifs is 1. The SMILES string of the molecule is O=[P@@]1(N(CCCl)CCCl)NC[C@H]2CCCC[C@@H]2O1. The Hall–Kier alpha value is 0.690. The minimum absolute atomic E-state index is 0.138. The number of rotatable bonds is 5. The molecule has 0 amide bonds. The molecule has 0 unspecified atom stereocenters. The summed E-state index contributed by atoms with van der Waals surface area (Å²) in [4.78, 5) is 0. The highest BCUT2D eigenvalue weighted by Crippen LogP contribution is 2.53. The summed E-state index contributed by atoms with van der Waals surface area (Å²) in [5, 5.41) is 3.11. The minimum atomic E-state index is -2.93. The second-order valence-corrected chi connectivity index (χ2v) is 7.79. The van der Waals surface area contributed by atoms with Gasteiger partial charge in [0.2, 0.25) is 0 Å². The Morgan fingerprint density at radius 3 is 2.56 bits per heavy atom. The first-order valence-electron chi connectivity index (χ1n) is 6.60. The fraction of sp³-hybridized carbons (Fsp3) is 1.00. The van der Waals surface area contributed by atoms with E-state index in [0.29, 0.717) is 30.8 Å². The minimum Gasteiger partial charge on any atom is -0.302 e. The lowest BCUT2D eigenvalue weighted by Crippen LogP contribution is -2.45.